The third-order valence-corrected chi connectivity index (χ3v) is 14.0. The van der Waals surface area contributed by atoms with Gasteiger partial charge in [0.05, 0.1) is 68.8 Å². The van der Waals surface area contributed by atoms with Crippen molar-refractivity contribution >= 4 is 47.5 Å². The lowest BCUT2D eigenvalue weighted by Crippen LogP contribution is -2.37. The predicted octanol–water partition coefficient (Wildman–Crippen LogP) is 10.4. The molecular formula is C60H65N3O13. The summed E-state index contributed by atoms with van der Waals surface area (Å²) >= 11 is 0. The van der Waals surface area contributed by atoms with Gasteiger partial charge in [-0.15, -0.1) is 0 Å². The fourth-order valence-electron chi connectivity index (χ4n) is 9.58. The molecule has 0 aromatic heterocycles. The van der Waals surface area contributed by atoms with Crippen LogP contribution >= 0.6 is 0 Å². The van der Waals surface area contributed by atoms with E-state index in [2.05, 4.69) is 25.8 Å². The van der Waals surface area contributed by atoms with Gasteiger partial charge in [-0.1, -0.05) is 37.9 Å². The number of hydrogen-bond donors (Lipinski definition) is 0. The first-order chi connectivity index (χ1) is 37.0. The number of amides is 1. The van der Waals surface area contributed by atoms with Crippen molar-refractivity contribution in [1.82, 2.24) is 5.01 Å². The lowest BCUT2D eigenvalue weighted by Gasteiger charge is -2.28. The second-order valence-electron chi connectivity index (χ2n) is 19.3. The third-order valence-electron chi connectivity index (χ3n) is 14.0. The van der Waals surface area contributed by atoms with Gasteiger partial charge < -0.3 is 37.9 Å². The molecule has 0 unspecified atom stereocenters. The monoisotopic (exact) mass is 1040 g/mol. The topological polar surface area (TPSA) is 187 Å². The molecule has 0 radical (unpaired) electrons. The Labute approximate surface area is 443 Å². The van der Waals surface area contributed by atoms with Gasteiger partial charge in [-0.2, -0.15) is 10.1 Å². The van der Waals surface area contributed by atoms with Crippen molar-refractivity contribution in [2.24, 2.45) is 33.8 Å². The van der Waals surface area contributed by atoms with Crippen molar-refractivity contribution in [2.75, 3.05) is 39.6 Å². The van der Waals surface area contributed by atoms with Crippen LogP contribution in [0.2, 0.25) is 0 Å². The Morgan fingerprint density at radius 2 is 1.08 bits per heavy atom. The Balaban J connectivity index is 0.844. The minimum Gasteiger partial charge on any atom is -0.493 e. The van der Waals surface area contributed by atoms with Crippen LogP contribution in [0.5, 0.6) is 34.5 Å². The molecule has 0 N–H and O–H groups in total. The average Bonchev–Trinajstić information content (AvgIpc) is 4.34. The Kier molecular flexibility index (Phi) is 18.9. The van der Waals surface area contributed by atoms with Crippen LogP contribution in [0.15, 0.2) is 139 Å². The highest BCUT2D eigenvalue weighted by Crippen LogP contribution is 2.57. The zero-order chi connectivity index (χ0) is 53.3. The van der Waals surface area contributed by atoms with Crippen LogP contribution in [0.25, 0.3) is 0 Å². The molecular weight excluding hydrogens is 971 g/mol. The molecule has 4 aromatic rings. The minimum atomic E-state index is -0.473. The number of para-hydroxylation sites is 1. The van der Waals surface area contributed by atoms with Crippen LogP contribution in [0.4, 0.5) is 5.69 Å². The Hall–Kier alpha value is -8.01. The number of carbonyl (C=O) groups is 5. The molecule has 0 bridgehead atoms. The average molecular weight is 1040 g/mol. The lowest BCUT2D eigenvalue weighted by atomic mass is 9.82. The van der Waals surface area contributed by atoms with E-state index < -0.39 is 17.8 Å². The van der Waals surface area contributed by atoms with E-state index in [4.69, 9.17) is 48.0 Å². The zero-order valence-corrected chi connectivity index (χ0v) is 42.8. The molecule has 8 rings (SSSR count). The number of esters is 4. The summed E-state index contributed by atoms with van der Waals surface area (Å²) in [6, 6.07) is 27.3. The van der Waals surface area contributed by atoms with E-state index in [1.54, 1.807) is 54.7 Å². The largest absolute Gasteiger partial charge is 0.493 e. The second-order valence-corrected chi connectivity index (χ2v) is 19.3. The van der Waals surface area contributed by atoms with Crippen molar-refractivity contribution in [3.8, 4) is 34.5 Å². The molecule has 76 heavy (non-hydrogen) atoms. The molecule has 1 aliphatic heterocycles. The van der Waals surface area contributed by atoms with Crippen molar-refractivity contribution < 1.29 is 61.9 Å². The molecule has 1 spiro atoms. The molecule has 398 valence electrons. The number of carbonyl (C=O) groups excluding carboxylic acids is 5. The molecule has 0 saturated heterocycles. The molecule has 1 amide bonds. The Morgan fingerprint density at radius 3 is 1.59 bits per heavy atom. The molecule has 16 nitrogen and oxygen atoms in total. The van der Waals surface area contributed by atoms with Gasteiger partial charge in [0.1, 0.15) is 40.3 Å². The Bertz CT molecular complexity index is 2770. The standard InChI is InChI=1S/C60H65N3O13/c1-4-54(64)63(59-60(31-32-60)51-11-7-8-12-52(51)62-59)61-38-45-37-50(73-39-41-13-17-43(18-14-41)57(67)75-48-25-21-46(22-26-48)69-33-9-35-71-55(65)5-2)29-30-53(45)74-40-42-15-19-44(20-16-42)58(68)76-49-27-23-47(24-28-49)70-34-10-36-72-56(66)6-3/h4-8,11-12,21-30,37-38,41-44H,1-3,9-10,13-20,31-36,39-40H2/b61-38+. The summed E-state index contributed by atoms with van der Waals surface area (Å²) in [6.07, 6.45) is 13.6. The number of hydrogen-bond acceptors (Lipinski definition) is 15. The summed E-state index contributed by atoms with van der Waals surface area (Å²) in [7, 11) is 0. The summed E-state index contributed by atoms with van der Waals surface area (Å²) in [5.74, 6) is 1.91. The van der Waals surface area contributed by atoms with E-state index >= 15 is 0 Å². The van der Waals surface area contributed by atoms with Crippen molar-refractivity contribution in [1.29, 1.82) is 0 Å². The molecule has 0 atom stereocenters. The van der Waals surface area contributed by atoms with Crippen LogP contribution in [0, 0.1) is 23.7 Å². The normalized spacial score (nSPS) is 19.0. The van der Waals surface area contributed by atoms with Crippen LogP contribution < -0.4 is 28.4 Å². The predicted molar refractivity (Wildman–Crippen MR) is 284 cm³/mol. The maximum atomic E-state index is 13.5. The van der Waals surface area contributed by atoms with Gasteiger partial charge in [-0.05, 0) is 160 Å². The number of fused-ring (bicyclic) bond motifs is 2. The first kappa shape index (κ1) is 54.3. The summed E-state index contributed by atoms with van der Waals surface area (Å²) in [6.45, 7) is 12.5. The van der Waals surface area contributed by atoms with E-state index in [1.165, 1.54) is 11.1 Å². The minimum absolute atomic E-state index is 0.188. The highest BCUT2D eigenvalue weighted by Gasteiger charge is 2.56. The maximum absolute atomic E-state index is 13.5. The third kappa shape index (κ3) is 14.6. The summed E-state index contributed by atoms with van der Waals surface area (Å²) in [5.41, 5.74) is 2.15. The SMILES string of the molecule is C=CC(=O)OCCCOc1ccc(OC(=O)C2CCC(COc3ccc(OCC4CCC(C(=O)Oc5ccc(OCCCOC(=O)C=C)cc5)CC4)c(/C=N/N(C(=O)C=C)C4=Nc5ccccc5C45CC5)c3)CC2)cc1. The van der Waals surface area contributed by atoms with Crippen LogP contribution in [-0.2, 0) is 38.9 Å². The number of ether oxygens (including phenoxy) is 8. The van der Waals surface area contributed by atoms with Gasteiger partial charge in [0.2, 0.25) is 0 Å². The number of rotatable bonds is 25. The van der Waals surface area contributed by atoms with Crippen LogP contribution in [-0.4, -0.2) is 86.5 Å². The Morgan fingerprint density at radius 1 is 0.579 bits per heavy atom. The molecule has 1 heterocycles. The summed E-state index contributed by atoms with van der Waals surface area (Å²) < 4.78 is 45.7. The van der Waals surface area contributed by atoms with E-state index in [9.17, 15) is 24.0 Å². The molecule has 16 heteroatoms. The van der Waals surface area contributed by atoms with Gasteiger partial charge in [0.15, 0.2) is 0 Å². The number of hydrazone groups is 1. The molecule has 3 saturated carbocycles. The fraction of sp³-hybridized carbons (Fsp3) is 0.383. The first-order valence-corrected chi connectivity index (χ1v) is 26.1. The zero-order valence-electron chi connectivity index (χ0n) is 42.8. The van der Waals surface area contributed by atoms with E-state index in [-0.39, 0.29) is 54.2 Å². The molecule has 3 aliphatic carbocycles. The fourth-order valence-corrected chi connectivity index (χ4v) is 9.58. The van der Waals surface area contributed by atoms with Gasteiger partial charge in [0.25, 0.3) is 5.91 Å². The van der Waals surface area contributed by atoms with Gasteiger partial charge >= 0.3 is 23.9 Å². The number of amidine groups is 1. The highest BCUT2D eigenvalue weighted by molar-refractivity contribution is 6.12. The van der Waals surface area contributed by atoms with Crippen LogP contribution in [0.3, 0.4) is 0 Å². The van der Waals surface area contributed by atoms with Crippen molar-refractivity contribution in [3.63, 3.8) is 0 Å². The second kappa shape index (κ2) is 26.5. The maximum Gasteiger partial charge on any atom is 0.330 e. The van der Waals surface area contributed by atoms with Gasteiger partial charge in [-0.25, -0.2) is 14.6 Å². The highest BCUT2D eigenvalue weighted by atomic mass is 16.6. The number of benzene rings is 4. The van der Waals surface area contributed by atoms with Crippen molar-refractivity contribution in [3.05, 3.63) is 140 Å². The smallest absolute Gasteiger partial charge is 0.330 e. The van der Waals surface area contributed by atoms with Gasteiger partial charge in [-0.3, -0.25) is 14.4 Å². The van der Waals surface area contributed by atoms with Crippen molar-refractivity contribution in [2.45, 2.75) is 82.5 Å². The first-order valence-electron chi connectivity index (χ1n) is 26.1. The quantitative estimate of drug-likeness (QED) is 0.0153. The summed E-state index contributed by atoms with van der Waals surface area (Å²) in [5, 5.41) is 6.12. The number of nitrogens with zero attached hydrogens (tertiary/aromatic N) is 3. The lowest BCUT2D eigenvalue weighted by molar-refractivity contribution is -0.141. The van der Waals surface area contributed by atoms with E-state index in [1.807, 2.05) is 36.4 Å². The van der Waals surface area contributed by atoms with Crippen LogP contribution in [0.1, 0.15) is 88.2 Å². The molecule has 3 fully saturated rings. The van der Waals surface area contributed by atoms with E-state index in [0.717, 1.165) is 61.9 Å². The molecule has 4 aliphatic rings. The molecule has 4 aromatic carbocycles. The van der Waals surface area contributed by atoms with Gasteiger partial charge in [0, 0.05) is 30.6 Å². The van der Waals surface area contributed by atoms with E-state index in [0.29, 0.717) is 111 Å². The summed E-state index contributed by atoms with van der Waals surface area (Å²) in [4.78, 5) is 67.2. The number of aliphatic imine (C=N–C) groups is 1.